The first kappa shape index (κ1) is 15.4. The number of amides is 1. The molecule has 2 aromatic carbocycles. The summed E-state index contributed by atoms with van der Waals surface area (Å²) in [5, 5.41) is 3.04. The van der Waals surface area contributed by atoms with Crippen LogP contribution < -0.4 is 14.8 Å². The van der Waals surface area contributed by atoms with E-state index >= 15 is 0 Å². The quantitative estimate of drug-likeness (QED) is 0.942. The summed E-state index contributed by atoms with van der Waals surface area (Å²) in [7, 11) is 0. The van der Waals surface area contributed by atoms with Crippen molar-refractivity contribution in [2.75, 3.05) is 13.2 Å². The van der Waals surface area contributed by atoms with Crippen molar-refractivity contribution >= 4 is 5.91 Å². The summed E-state index contributed by atoms with van der Waals surface area (Å²) in [5.74, 6) is 1.52. The molecule has 1 N–H and O–H groups in total. The molecule has 0 saturated carbocycles. The minimum atomic E-state index is -0.116. The van der Waals surface area contributed by atoms with Gasteiger partial charge in [0.2, 0.25) is 0 Å². The Bertz CT molecular complexity index is 691. The van der Waals surface area contributed by atoms with E-state index in [1.165, 1.54) is 0 Å². The molecule has 0 aromatic heterocycles. The van der Waals surface area contributed by atoms with Crippen LogP contribution in [-0.4, -0.2) is 19.1 Å². The maximum absolute atomic E-state index is 12.2. The van der Waals surface area contributed by atoms with E-state index in [0.717, 1.165) is 34.6 Å². The molecule has 1 heterocycles. The van der Waals surface area contributed by atoms with Gasteiger partial charge in [0, 0.05) is 12.0 Å². The van der Waals surface area contributed by atoms with Gasteiger partial charge in [-0.05, 0) is 31.0 Å². The van der Waals surface area contributed by atoms with Crippen molar-refractivity contribution in [3.05, 3.63) is 59.2 Å². The highest BCUT2D eigenvalue weighted by molar-refractivity contribution is 5.78. The fraction of sp³-hybridized carbons (Fsp3) is 0.316. The van der Waals surface area contributed by atoms with Crippen molar-refractivity contribution in [2.24, 2.45) is 0 Å². The molecule has 0 bridgehead atoms. The van der Waals surface area contributed by atoms with E-state index < -0.39 is 0 Å². The molecule has 1 atom stereocenters. The standard InChI is InChI=1S/C19H21NO3/c1-13-6-5-7-14(2)19(13)23-12-18(21)20-16-10-11-22-17-9-4-3-8-15(16)17/h3-9,16H,10-12H2,1-2H3,(H,20,21)/t16-/m1/s1. The van der Waals surface area contributed by atoms with E-state index in [9.17, 15) is 4.79 Å². The maximum Gasteiger partial charge on any atom is 0.258 e. The molecule has 0 saturated heterocycles. The molecule has 0 aliphatic carbocycles. The summed E-state index contributed by atoms with van der Waals surface area (Å²) in [6, 6.07) is 13.7. The third-order valence-corrected chi connectivity index (χ3v) is 4.05. The van der Waals surface area contributed by atoms with Crippen LogP contribution in [0, 0.1) is 13.8 Å². The zero-order valence-electron chi connectivity index (χ0n) is 13.5. The molecule has 2 aromatic rings. The smallest absolute Gasteiger partial charge is 0.258 e. The highest BCUT2D eigenvalue weighted by Gasteiger charge is 2.22. The lowest BCUT2D eigenvalue weighted by molar-refractivity contribution is -0.124. The highest BCUT2D eigenvalue weighted by Crippen LogP contribution is 2.31. The predicted molar refractivity (Wildman–Crippen MR) is 88.8 cm³/mol. The van der Waals surface area contributed by atoms with Crippen molar-refractivity contribution in [1.82, 2.24) is 5.32 Å². The van der Waals surface area contributed by atoms with Crippen molar-refractivity contribution in [3.63, 3.8) is 0 Å². The van der Waals surface area contributed by atoms with Crippen LogP contribution in [0.4, 0.5) is 0 Å². The maximum atomic E-state index is 12.2. The number of carbonyl (C=O) groups is 1. The first-order valence-corrected chi connectivity index (χ1v) is 7.85. The molecule has 120 valence electrons. The normalized spacial score (nSPS) is 16.2. The fourth-order valence-corrected chi connectivity index (χ4v) is 2.89. The summed E-state index contributed by atoms with van der Waals surface area (Å²) in [5.41, 5.74) is 3.10. The van der Waals surface area contributed by atoms with Crippen LogP contribution in [-0.2, 0) is 4.79 Å². The van der Waals surface area contributed by atoms with Crippen LogP contribution >= 0.6 is 0 Å². The van der Waals surface area contributed by atoms with Gasteiger partial charge in [0.05, 0.1) is 12.6 Å². The lowest BCUT2D eigenvalue weighted by Gasteiger charge is -2.26. The summed E-state index contributed by atoms with van der Waals surface area (Å²) in [6.07, 6.45) is 0.770. The number of aryl methyl sites for hydroxylation is 2. The molecular weight excluding hydrogens is 290 g/mol. The molecule has 1 aliphatic rings. The minimum Gasteiger partial charge on any atom is -0.493 e. The second-order valence-electron chi connectivity index (χ2n) is 5.80. The molecule has 23 heavy (non-hydrogen) atoms. The molecule has 3 rings (SSSR count). The van der Waals surface area contributed by atoms with Gasteiger partial charge in [-0.1, -0.05) is 36.4 Å². The molecule has 1 aliphatic heterocycles. The third kappa shape index (κ3) is 3.47. The van der Waals surface area contributed by atoms with Gasteiger partial charge in [0.1, 0.15) is 11.5 Å². The topological polar surface area (TPSA) is 47.6 Å². The number of ether oxygens (including phenoxy) is 2. The lowest BCUT2D eigenvalue weighted by Crippen LogP contribution is -2.35. The zero-order valence-corrected chi connectivity index (χ0v) is 13.5. The summed E-state index contributed by atoms with van der Waals surface area (Å²) in [4.78, 5) is 12.2. The summed E-state index contributed by atoms with van der Waals surface area (Å²) in [6.45, 7) is 4.59. The number of rotatable bonds is 4. The zero-order chi connectivity index (χ0) is 16.2. The number of hydrogen-bond acceptors (Lipinski definition) is 3. The van der Waals surface area contributed by atoms with Gasteiger partial charge in [-0.2, -0.15) is 0 Å². The number of para-hydroxylation sites is 2. The van der Waals surface area contributed by atoms with Gasteiger partial charge in [-0.15, -0.1) is 0 Å². The Morgan fingerprint density at radius 1 is 1.17 bits per heavy atom. The lowest BCUT2D eigenvalue weighted by atomic mass is 10.0. The number of fused-ring (bicyclic) bond motifs is 1. The van der Waals surface area contributed by atoms with Gasteiger partial charge in [-0.25, -0.2) is 0 Å². The minimum absolute atomic E-state index is 0.0191. The molecule has 0 unspecified atom stereocenters. The second kappa shape index (κ2) is 6.73. The van der Waals surface area contributed by atoms with E-state index in [0.29, 0.717) is 6.61 Å². The van der Waals surface area contributed by atoms with Gasteiger partial charge in [-0.3, -0.25) is 4.79 Å². The second-order valence-corrected chi connectivity index (χ2v) is 5.80. The monoisotopic (exact) mass is 311 g/mol. The largest absolute Gasteiger partial charge is 0.493 e. The van der Waals surface area contributed by atoms with E-state index in [1.807, 2.05) is 56.3 Å². The van der Waals surface area contributed by atoms with E-state index in [-0.39, 0.29) is 18.6 Å². The number of hydrogen-bond donors (Lipinski definition) is 1. The van der Waals surface area contributed by atoms with Crippen molar-refractivity contribution in [3.8, 4) is 11.5 Å². The van der Waals surface area contributed by atoms with Crippen LogP contribution in [0.3, 0.4) is 0 Å². The number of benzene rings is 2. The fourth-order valence-electron chi connectivity index (χ4n) is 2.89. The van der Waals surface area contributed by atoms with Crippen LogP contribution in [0.25, 0.3) is 0 Å². The Kier molecular flexibility index (Phi) is 4.51. The molecule has 0 radical (unpaired) electrons. The predicted octanol–water partition coefficient (Wildman–Crippen LogP) is 3.32. The average Bonchev–Trinajstić information content (AvgIpc) is 2.55. The number of carbonyl (C=O) groups excluding carboxylic acids is 1. The van der Waals surface area contributed by atoms with Crippen molar-refractivity contribution in [2.45, 2.75) is 26.3 Å². The first-order chi connectivity index (χ1) is 11.1. The van der Waals surface area contributed by atoms with E-state index in [1.54, 1.807) is 0 Å². The van der Waals surface area contributed by atoms with Gasteiger partial charge >= 0.3 is 0 Å². The highest BCUT2D eigenvalue weighted by atomic mass is 16.5. The Morgan fingerprint density at radius 3 is 2.70 bits per heavy atom. The SMILES string of the molecule is Cc1cccc(C)c1OCC(=O)N[C@@H]1CCOc2ccccc21. The summed E-state index contributed by atoms with van der Waals surface area (Å²) < 4.78 is 11.3. The molecular formula is C19H21NO3. The van der Waals surface area contributed by atoms with Crippen molar-refractivity contribution < 1.29 is 14.3 Å². The summed E-state index contributed by atoms with van der Waals surface area (Å²) >= 11 is 0. The van der Waals surface area contributed by atoms with Crippen molar-refractivity contribution in [1.29, 1.82) is 0 Å². The van der Waals surface area contributed by atoms with Crippen LogP contribution in [0.5, 0.6) is 11.5 Å². The van der Waals surface area contributed by atoms with E-state index in [4.69, 9.17) is 9.47 Å². The Morgan fingerprint density at radius 2 is 1.91 bits per heavy atom. The van der Waals surface area contributed by atoms with Gasteiger partial charge in [0.25, 0.3) is 5.91 Å². The molecule has 0 spiro atoms. The van der Waals surface area contributed by atoms with Gasteiger partial charge < -0.3 is 14.8 Å². The Balaban J connectivity index is 1.63. The third-order valence-electron chi connectivity index (χ3n) is 4.05. The molecule has 0 fully saturated rings. The molecule has 4 heteroatoms. The first-order valence-electron chi connectivity index (χ1n) is 7.85. The number of nitrogens with one attached hydrogen (secondary N) is 1. The Labute approximate surface area is 136 Å². The van der Waals surface area contributed by atoms with Crippen LogP contribution in [0.2, 0.25) is 0 Å². The average molecular weight is 311 g/mol. The Hall–Kier alpha value is -2.49. The van der Waals surface area contributed by atoms with Gasteiger partial charge in [0.15, 0.2) is 6.61 Å². The molecule has 1 amide bonds. The van der Waals surface area contributed by atoms with Crippen LogP contribution in [0.15, 0.2) is 42.5 Å². The van der Waals surface area contributed by atoms with Crippen LogP contribution in [0.1, 0.15) is 29.2 Å². The van der Waals surface area contributed by atoms with E-state index in [2.05, 4.69) is 5.32 Å². The molecule has 4 nitrogen and oxygen atoms in total.